The molecule has 0 saturated heterocycles. The zero-order chi connectivity index (χ0) is 7.56. The maximum Gasteiger partial charge on any atom is 0.324 e. The van der Waals surface area contributed by atoms with E-state index >= 15 is 0 Å². The molecule has 0 N–H and O–H groups in total. The quantitative estimate of drug-likeness (QED) is 0.553. The van der Waals surface area contributed by atoms with Crippen molar-refractivity contribution in [3.63, 3.8) is 0 Å². The molecule has 0 aliphatic rings. The maximum absolute atomic E-state index is 10.4. The Bertz CT molecular complexity index is 299. The molecule has 0 unspecified atom stereocenters. The Morgan fingerprint density at radius 3 is 2.45 bits per heavy atom. The summed E-state index contributed by atoms with van der Waals surface area (Å²) in [5, 5.41) is 0.383. The van der Waals surface area contributed by atoms with Crippen LogP contribution in [0.15, 0.2) is 18.2 Å². The van der Waals surface area contributed by atoms with Crippen LogP contribution in [0.1, 0.15) is 5.56 Å². The van der Waals surface area contributed by atoms with Gasteiger partial charge in [-0.1, -0.05) is 6.92 Å². The molecule has 1 radical (unpaired) electrons. The van der Waals surface area contributed by atoms with Crippen LogP contribution in [0.25, 0.3) is 0 Å². The molecule has 0 aliphatic heterocycles. The Hall–Kier alpha value is 0.224. The number of hydrogen-bond donors (Lipinski definition) is 0. The minimum absolute atomic E-state index is 0. The fourth-order valence-electron chi connectivity index (χ4n) is 0.710. The minimum Gasteiger partial charge on any atom is -0.234 e. The van der Waals surface area contributed by atoms with Crippen LogP contribution in [0.5, 0.6) is 0 Å². The van der Waals surface area contributed by atoms with E-state index in [1.54, 1.807) is 25.1 Å². The van der Waals surface area contributed by atoms with Gasteiger partial charge in [-0.05, 0) is 5.30 Å². The second kappa shape index (κ2) is 4.97. The Labute approximate surface area is 91.1 Å². The molecular formula is C7H6O2PY-. The van der Waals surface area contributed by atoms with Gasteiger partial charge in [-0.2, -0.15) is 24.3 Å². The maximum atomic E-state index is 10.4. The van der Waals surface area contributed by atoms with Crippen LogP contribution in [0.3, 0.4) is 0 Å². The van der Waals surface area contributed by atoms with Crippen molar-refractivity contribution in [3.8, 4) is 0 Å². The van der Waals surface area contributed by atoms with Gasteiger partial charge in [0.2, 0.25) is 0 Å². The number of aryl methyl sites for hydroxylation is 1. The Balaban J connectivity index is 0.000001000. The molecule has 0 aliphatic carbocycles. The first-order valence-corrected chi connectivity index (χ1v) is 4.00. The Kier molecular flexibility index (Phi) is 5.08. The molecule has 0 atom stereocenters. The molecule has 55 valence electrons. The fourth-order valence-corrected chi connectivity index (χ4v) is 1.26. The average molecular weight is 242 g/mol. The molecule has 2 nitrogen and oxygen atoms in total. The van der Waals surface area contributed by atoms with E-state index in [1.165, 1.54) is 0 Å². The summed E-state index contributed by atoms with van der Waals surface area (Å²) in [5.74, 6) is 0. The van der Waals surface area contributed by atoms with E-state index in [-0.39, 0.29) is 32.7 Å². The molecular weight excluding hydrogens is 236 g/mol. The molecule has 0 bridgehead atoms. The molecule has 0 aromatic heterocycles. The average Bonchev–Trinajstić information content (AvgIpc) is 1.88. The summed E-state index contributed by atoms with van der Waals surface area (Å²) in [6, 6.07) is 7.58. The van der Waals surface area contributed by atoms with Gasteiger partial charge in [-0.3, -0.25) is 0 Å². The molecule has 11 heavy (non-hydrogen) atoms. The summed E-state index contributed by atoms with van der Waals surface area (Å²) in [6.45, 7) is 1.75. The summed E-state index contributed by atoms with van der Waals surface area (Å²) in [6.07, 6.45) is 0. The van der Waals surface area contributed by atoms with Crippen molar-refractivity contribution in [1.29, 1.82) is 0 Å². The molecule has 0 heterocycles. The van der Waals surface area contributed by atoms with Crippen LogP contribution in [0, 0.1) is 13.0 Å². The van der Waals surface area contributed by atoms with Crippen molar-refractivity contribution in [2.45, 2.75) is 6.92 Å². The van der Waals surface area contributed by atoms with E-state index in [9.17, 15) is 9.13 Å². The van der Waals surface area contributed by atoms with Crippen molar-refractivity contribution in [2.24, 2.45) is 0 Å². The van der Waals surface area contributed by atoms with Crippen molar-refractivity contribution in [3.05, 3.63) is 29.8 Å². The zero-order valence-corrected chi connectivity index (χ0v) is 9.81. The molecule has 0 saturated carbocycles. The summed E-state index contributed by atoms with van der Waals surface area (Å²) >= 11 is 0. The van der Waals surface area contributed by atoms with E-state index in [1.807, 2.05) is 0 Å². The van der Waals surface area contributed by atoms with E-state index in [0.717, 1.165) is 5.56 Å². The van der Waals surface area contributed by atoms with Gasteiger partial charge >= 0.3 is 7.68 Å². The van der Waals surface area contributed by atoms with Crippen molar-refractivity contribution >= 4 is 13.0 Å². The number of hydrogen-bond acceptors (Lipinski definition) is 2. The predicted molar refractivity (Wildman–Crippen MR) is 37.9 cm³/mol. The first-order valence-electron chi connectivity index (χ1n) is 2.83. The minimum atomic E-state index is -2.44. The van der Waals surface area contributed by atoms with Gasteiger partial charge in [-0.15, -0.1) is 5.56 Å². The van der Waals surface area contributed by atoms with Crippen LogP contribution in [0.2, 0.25) is 0 Å². The molecule has 4 heteroatoms. The van der Waals surface area contributed by atoms with Crippen LogP contribution < -0.4 is 5.30 Å². The van der Waals surface area contributed by atoms with Crippen LogP contribution in [0.4, 0.5) is 0 Å². The molecule has 1 aromatic rings. The third-order valence-electron chi connectivity index (χ3n) is 1.24. The second-order valence-corrected chi connectivity index (χ2v) is 2.97. The van der Waals surface area contributed by atoms with Crippen molar-refractivity contribution in [2.75, 3.05) is 0 Å². The predicted octanol–water partition coefficient (Wildman–Crippen LogP) is 1.59. The number of rotatable bonds is 1. The van der Waals surface area contributed by atoms with Crippen LogP contribution in [-0.4, -0.2) is 0 Å². The molecule has 0 spiro atoms. The molecule has 1 aromatic carbocycles. The SMILES string of the molecule is Cc1c[c-]ccc1P(=O)=O.[Y]. The van der Waals surface area contributed by atoms with E-state index < -0.39 is 7.68 Å². The first-order chi connectivity index (χ1) is 4.72. The van der Waals surface area contributed by atoms with E-state index in [2.05, 4.69) is 6.07 Å². The smallest absolute Gasteiger partial charge is 0.234 e. The van der Waals surface area contributed by atoms with Gasteiger partial charge < -0.3 is 0 Å². The monoisotopic (exact) mass is 242 g/mol. The Morgan fingerprint density at radius 1 is 1.45 bits per heavy atom. The summed E-state index contributed by atoms with van der Waals surface area (Å²) in [5.41, 5.74) is 0.749. The van der Waals surface area contributed by atoms with Gasteiger partial charge in [0.15, 0.2) is 0 Å². The van der Waals surface area contributed by atoms with Gasteiger partial charge in [-0.25, -0.2) is 9.13 Å². The summed E-state index contributed by atoms with van der Waals surface area (Å²) in [7, 11) is -2.44. The largest absolute Gasteiger partial charge is 0.324 e. The summed E-state index contributed by atoms with van der Waals surface area (Å²) in [4.78, 5) is 0. The normalized spacial score (nSPS) is 8.45. The molecule has 0 amide bonds. The second-order valence-electron chi connectivity index (χ2n) is 1.97. The molecule has 1 rings (SSSR count). The van der Waals surface area contributed by atoms with E-state index in [0.29, 0.717) is 5.30 Å². The topological polar surface area (TPSA) is 34.1 Å². The Morgan fingerprint density at radius 2 is 2.09 bits per heavy atom. The van der Waals surface area contributed by atoms with Crippen LogP contribution >= 0.6 is 7.68 Å². The third kappa shape index (κ3) is 2.98. The van der Waals surface area contributed by atoms with Crippen LogP contribution in [-0.2, 0) is 41.8 Å². The van der Waals surface area contributed by atoms with Gasteiger partial charge in [0.05, 0.1) is 0 Å². The zero-order valence-electron chi connectivity index (χ0n) is 6.07. The first kappa shape index (κ1) is 11.2. The van der Waals surface area contributed by atoms with Gasteiger partial charge in [0, 0.05) is 32.7 Å². The van der Waals surface area contributed by atoms with Crippen molar-refractivity contribution in [1.82, 2.24) is 0 Å². The fraction of sp³-hybridized carbons (Fsp3) is 0.143. The van der Waals surface area contributed by atoms with E-state index in [4.69, 9.17) is 0 Å². The number of benzene rings is 1. The molecule has 0 fully saturated rings. The van der Waals surface area contributed by atoms with Gasteiger partial charge in [0.1, 0.15) is 0 Å². The standard InChI is InChI=1S/C7H6O2P.Y/c1-6-4-2-3-5-7(6)10(8)9;/h3-5H,1H3;/q-1;. The third-order valence-corrected chi connectivity index (χ3v) is 2.13. The van der Waals surface area contributed by atoms with Crippen molar-refractivity contribution < 1.29 is 41.8 Å². The van der Waals surface area contributed by atoms with Gasteiger partial charge in [0.25, 0.3) is 0 Å². The summed E-state index contributed by atoms with van der Waals surface area (Å²) < 4.78 is 20.9.